The van der Waals surface area contributed by atoms with Crippen molar-refractivity contribution in [1.82, 2.24) is 14.8 Å². The van der Waals surface area contributed by atoms with Gasteiger partial charge in [0.1, 0.15) is 5.69 Å². The zero-order valence-corrected chi connectivity index (χ0v) is 8.75. The van der Waals surface area contributed by atoms with Crippen molar-refractivity contribution in [2.45, 2.75) is 13.1 Å². The predicted octanol–water partition coefficient (Wildman–Crippen LogP) is 1.89. The first-order chi connectivity index (χ1) is 7.88. The zero-order valence-electron chi connectivity index (χ0n) is 8.75. The molecule has 0 aliphatic heterocycles. The monoisotopic (exact) mass is 243 g/mol. The zero-order chi connectivity index (χ0) is 12.6. The van der Waals surface area contributed by atoms with Crippen LogP contribution in [0.5, 0.6) is 0 Å². The molecule has 2 aromatic heterocycles. The summed E-state index contributed by atoms with van der Waals surface area (Å²) >= 11 is 0. The van der Waals surface area contributed by atoms with Crippen molar-refractivity contribution < 1.29 is 13.2 Å². The Hall–Kier alpha value is -2.05. The summed E-state index contributed by atoms with van der Waals surface area (Å²) in [6.45, 7) is 1.75. The molecule has 2 heterocycles. The number of aromatic nitrogens is 3. The maximum atomic E-state index is 12.4. The summed E-state index contributed by atoms with van der Waals surface area (Å²) in [5, 5.41) is 1.98. The van der Waals surface area contributed by atoms with Crippen LogP contribution in [0.4, 0.5) is 13.2 Å². The largest absolute Gasteiger partial charge is 0.432 e. The molecule has 17 heavy (non-hydrogen) atoms. The SMILES string of the molecule is Cc1ccnc(-n2[nH]c(C(F)(F)F)cc2=O)c1. The molecule has 0 fully saturated rings. The van der Waals surface area contributed by atoms with Crippen LogP contribution in [-0.2, 0) is 6.18 Å². The van der Waals surface area contributed by atoms with E-state index in [1.54, 1.807) is 13.0 Å². The van der Waals surface area contributed by atoms with Crippen molar-refractivity contribution in [3.8, 4) is 5.82 Å². The van der Waals surface area contributed by atoms with E-state index in [2.05, 4.69) is 4.98 Å². The second-order valence-electron chi connectivity index (χ2n) is 3.53. The van der Waals surface area contributed by atoms with Gasteiger partial charge in [-0.2, -0.15) is 13.2 Å². The molecule has 0 aromatic carbocycles. The Labute approximate surface area is 93.7 Å². The van der Waals surface area contributed by atoms with Crippen molar-refractivity contribution in [2.24, 2.45) is 0 Å². The van der Waals surface area contributed by atoms with E-state index in [0.29, 0.717) is 6.07 Å². The predicted molar refractivity (Wildman–Crippen MR) is 53.9 cm³/mol. The number of alkyl halides is 3. The van der Waals surface area contributed by atoms with E-state index < -0.39 is 17.4 Å². The second kappa shape index (κ2) is 3.76. The van der Waals surface area contributed by atoms with E-state index >= 15 is 0 Å². The van der Waals surface area contributed by atoms with Gasteiger partial charge in [0, 0.05) is 12.3 Å². The van der Waals surface area contributed by atoms with E-state index in [1.807, 2.05) is 5.10 Å². The van der Waals surface area contributed by atoms with Gasteiger partial charge in [0.25, 0.3) is 5.56 Å². The summed E-state index contributed by atoms with van der Waals surface area (Å²) < 4.78 is 37.9. The molecule has 4 nitrogen and oxygen atoms in total. The van der Waals surface area contributed by atoms with Gasteiger partial charge in [-0.25, -0.2) is 9.67 Å². The Morgan fingerprint density at radius 3 is 2.59 bits per heavy atom. The molecule has 0 bridgehead atoms. The fourth-order valence-corrected chi connectivity index (χ4v) is 1.35. The lowest BCUT2D eigenvalue weighted by Gasteiger charge is -2.04. The van der Waals surface area contributed by atoms with Gasteiger partial charge in [-0.15, -0.1) is 0 Å². The topological polar surface area (TPSA) is 50.7 Å². The average Bonchev–Trinajstić information content (AvgIpc) is 2.60. The maximum Gasteiger partial charge on any atom is 0.432 e. The molecule has 90 valence electrons. The van der Waals surface area contributed by atoms with Crippen LogP contribution >= 0.6 is 0 Å². The minimum Gasteiger partial charge on any atom is -0.285 e. The molecule has 0 radical (unpaired) electrons. The molecule has 0 spiro atoms. The molecule has 0 aliphatic carbocycles. The number of aryl methyl sites for hydroxylation is 1. The van der Waals surface area contributed by atoms with Crippen LogP contribution in [0.15, 0.2) is 29.2 Å². The van der Waals surface area contributed by atoms with Gasteiger partial charge in [0.05, 0.1) is 0 Å². The van der Waals surface area contributed by atoms with E-state index in [0.717, 1.165) is 10.2 Å². The summed E-state index contributed by atoms with van der Waals surface area (Å²) in [6, 6.07) is 3.70. The number of nitrogens with one attached hydrogen (secondary N) is 1. The highest BCUT2D eigenvalue weighted by atomic mass is 19.4. The van der Waals surface area contributed by atoms with Crippen LogP contribution in [-0.4, -0.2) is 14.8 Å². The van der Waals surface area contributed by atoms with Gasteiger partial charge < -0.3 is 0 Å². The molecular formula is C10H8F3N3O. The number of rotatable bonds is 1. The van der Waals surface area contributed by atoms with Gasteiger partial charge in [-0.3, -0.25) is 9.89 Å². The third kappa shape index (κ3) is 2.22. The minimum absolute atomic E-state index is 0.130. The van der Waals surface area contributed by atoms with Gasteiger partial charge in [-0.05, 0) is 24.6 Å². The molecule has 0 saturated heterocycles. The second-order valence-corrected chi connectivity index (χ2v) is 3.53. The van der Waals surface area contributed by atoms with Crippen LogP contribution in [0, 0.1) is 6.92 Å². The molecular weight excluding hydrogens is 235 g/mol. The highest BCUT2D eigenvalue weighted by Crippen LogP contribution is 2.26. The summed E-state index contributed by atoms with van der Waals surface area (Å²) in [4.78, 5) is 15.2. The number of nitrogens with zero attached hydrogens (tertiary/aromatic N) is 2. The first kappa shape index (κ1) is 11.4. The third-order valence-electron chi connectivity index (χ3n) is 2.16. The number of pyridine rings is 1. The normalized spacial score (nSPS) is 11.8. The summed E-state index contributed by atoms with van der Waals surface area (Å²) in [5.41, 5.74) is -1.09. The molecule has 0 unspecified atom stereocenters. The molecule has 0 amide bonds. The van der Waals surface area contributed by atoms with Crippen molar-refractivity contribution in [3.63, 3.8) is 0 Å². The molecule has 0 aliphatic rings. The Morgan fingerprint density at radius 2 is 2.06 bits per heavy atom. The van der Waals surface area contributed by atoms with Gasteiger partial charge in [-0.1, -0.05) is 0 Å². The lowest BCUT2D eigenvalue weighted by molar-refractivity contribution is -0.141. The van der Waals surface area contributed by atoms with Gasteiger partial charge in [0.2, 0.25) is 0 Å². The Morgan fingerprint density at radius 1 is 1.35 bits per heavy atom. The third-order valence-corrected chi connectivity index (χ3v) is 2.16. The molecule has 1 N–H and O–H groups in total. The number of aromatic amines is 1. The van der Waals surface area contributed by atoms with Gasteiger partial charge >= 0.3 is 6.18 Å². The Kier molecular flexibility index (Phi) is 2.53. The fourth-order valence-electron chi connectivity index (χ4n) is 1.35. The van der Waals surface area contributed by atoms with Crippen molar-refractivity contribution in [3.05, 3.63) is 46.0 Å². The molecule has 2 rings (SSSR count). The quantitative estimate of drug-likeness (QED) is 0.831. The smallest absolute Gasteiger partial charge is 0.285 e. The highest BCUT2D eigenvalue weighted by molar-refractivity contribution is 5.26. The first-order valence-corrected chi connectivity index (χ1v) is 4.70. The molecule has 0 atom stereocenters. The Balaban J connectivity index is 2.54. The number of H-pyrrole nitrogens is 1. The highest BCUT2D eigenvalue weighted by Gasteiger charge is 2.33. The number of hydrogen-bond acceptors (Lipinski definition) is 2. The van der Waals surface area contributed by atoms with Crippen molar-refractivity contribution in [2.75, 3.05) is 0 Å². The van der Waals surface area contributed by atoms with Crippen molar-refractivity contribution >= 4 is 0 Å². The lowest BCUT2D eigenvalue weighted by atomic mass is 10.3. The van der Waals surface area contributed by atoms with E-state index in [1.165, 1.54) is 12.3 Å². The number of halogens is 3. The summed E-state index contributed by atoms with van der Waals surface area (Å²) in [7, 11) is 0. The standard InChI is InChI=1S/C10H8F3N3O/c1-6-2-3-14-8(4-6)16-9(17)5-7(15-16)10(11,12)13/h2-5,15H,1H3. The Bertz CT molecular complexity index is 597. The van der Waals surface area contributed by atoms with Crippen LogP contribution < -0.4 is 5.56 Å². The average molecular weight is 243 g/mol. The summed E-state index contributed by atoms with van der Waals surface area (Å²) in [5.74, 6) is 0.130. The lowest BCUT2D eigenvalue weighted by Crippen LogP contribution is -2.15. The first-order valence-electron chi connectivity index (χ1n) is 4.70. The van der Waals surface area contributed by atoms with Crippen LogP contribution in [0.1, 0.15) is 11.3 Å². The van der Waals surface area contributed by atoms with E-state index in [4.69, 9.17) is 0 Å². The van der Waals surface area contributed by atoms with Crippen molar-refractivity contribution in [1.29, 1.82) is 0 Å². The fraction of sp³-hybridized carbons (Fsp3) is 0.200. The van der Waals surface area contributed by atoms with E-state index in [-0.39, 0.29) is 5.82 Å². The van der Waals surface area contributed by atoms with Gasteiger partial charge in [0.15, 0.2) is 5.82 Å². The van der Waals surface area contributed by atoms with Crippen LogP contribution in [0.2, 0.25) is 0 Å². The molecule has 0 saturated carbocycles. The number of hydrogen-bond donors (Lipinski definition) is 1. The van der Waals surface area contributed by atoms with Crippen LogP contribution in [0.25, 0.3) is 5.82 Å². The maximum absolute atomic E-state index is 12.4. The van der Waals surface area contributed by atoms with Crippen LogP contribution in [0.3, 0.4) is 0 Å². The summed E-state index contributed by atoms with van der Waals surface area (Å²) in [6.07, 6.45) is -3.15. The minimum atomic E-state index is -4.58. The molecule has 7 heteroatoms. The molecule has 2 aromatic rings. The van der Waals surface area contributed by atoms with E-state index in [9.17, 15) is 18.0 Å².